The van der Waals surface area contributed by atoms with Crippen molar-refractivity contribution in [2.24, 2.45) is 0 Å². The van der Waals surface area contributed by atoms with Crippen LogP contribution in [-0.2, 0) is 6.61 Å². The summed E-state index contributed by atoms with van der Waals surface area (Å²) in [4.78, 5) is 21.2. The van der Waals surface area contributed by atoms with E-state index >= 15 is 0 Å². The molecule has 3 aromatic carbocycles. The van der Waals surface area contributed by atoms with E-state index < -0.39 is 0 Å². The van der Waals surface area contributed by atoms with Gasteiger partial charge < -0.3 is 9.47 Å². The molecule has 0 fully saturated rings. The highest BCUT2D eigenvalue weighted by Crippen LogP contribution is 2.17. The van der Waals surface area contributed by atoms with Crippen molar-refractivity contribution < 1.29 is 19.1 Å². The van der Waals surface area contributed by atoms with Crippen LogP contribution < -0.4 is 9.47 Å². The van der Waals surface area contributed by atoms with Gasteiger partial charge >= 0.3 is 0 Å². The van der Waals surface area contributed by atoms with Gasteiger partial charge in [0.05, 0.1) is 11.1 Å². The molecule has 3 rings (SSSR count). The fraction of sp³-hybridized carbons (Fsp3) is 0.0833. The second-order valence-electron chi connectivity index (χ2n) is 5.69. The monoisotopic (exact) mass is 374 g/mol. The van der Waals surface area contributed by atoms with Crippen LogP contribution in [0.5, 0.6) is 11.5 Å². The third kappa shape index (κ3) is 6.57. The summed E-state index contributed by atoms with van der Waals surface area (Å²) in [5.41, 5.74) is 2.24. The van der Waals surface area contributed by atoms with Crippen molar-refractivity contribution in [1.82, 2.24) is 0 Å². The molecule has 4 heteroatoms. The van der Waals surface area contributed by atoms with E-state index in [9.17, 15) is 9.59 Å². The summed E-state index contributed by atoms with van der Waals surface area (Å²) < 4.78 is 10.8. The Morgan fingerprint density at radius 2 is 1.18 bits per heavy atom. The molecule has 0 spiro atoms. The van der Waals surface area contributed by atoms with Crippen LogP contribution in [0.25, 0.3) is 0 Å². The van der Waals surface area contributed by atoms with Crippen LogP contribution >= 0.6 is 0 Å². The van der Waals surface area contributed by atoms with Crippen molar-refractivity contribution in [2.75, 3.05) is 6.61 Å². The minimum Gasteiger partial charge on any atom is -0.489 e. The molecule has 0 saturated heterocycles. The normalized spacial score (nSPS) is 9.43. The molecule has 0 aliphatic heterocycles. The number of aldehydes is 2. The summed E-state index contributed by atoms with van der Waals surface area (Å²) in [5.74, 6) is 1.23. The molecule has 0 unspecified atom stereocenters. The first kappa shape index (κ1) is 20.6. The van der Waals surface area contributed by atoms with Crippen molar-refractivity contribution in [2.45, 2.75) is 6.61 Å². The van der Waals surface area contributed by atoms with Gasteiger partial charge in [-0.05, 0) is 29.8 Å². The Balaban J connectivity index is 0.000000209. The average molecular weight is 374 g/mol. The molecule has 4 nitrogen and oxygen atoms in total. The number of hydrogen-bond donors (Lipinski definition) is 0. The number of hydrogen-bond acceptors (Lipinski definition) is 4. The van der Waals surface area contributed by atoms with Crippen LogP contribution in [0.3, 0.4) is 0 Å². The molecule has 0 aromatic heterocycles. The van der Waals surface area contributed by atoms with E-state index in [1.54, 1.807) is 36.4 Å². The molecule has 0 amide bonds. The second-order valence-corrected chi connectivity index (χ2v) is 5.69. The van der Waals surface area contributed by atoms with Crippen LogP contribution in [-0.4, -0.2) is 19.2 Å². The van der Waals surface area contributed by atoms with E-state index in [4.69, 9.17) is 9.47 Å². The molecule has 0 aliphatic rings. The molecule has 0 bridgehead atoms. The van der Waals surface area contributed by atoms with Crippen LogP contribution in [0.1, 0.15) is 26.3 Å². The number of ether oxygens (including phenoxy) is 2. The van der Waals surface area contributed by atoms with Gasteiger partial charge in [0, 0.05) is 0 Å². The third-order valence-electron chi connectivity index (χ3n) is 3.69. The predicted molar refractivity (Wildman–Crippen MR) is 110 cm³/mol. The summed E-state index contributed by atoms with van der Waals surface area (Å²) in [5, 5.41) is 0. The summed E-state index contributed by atoms with van der Waals surface area (Å²) in [6.07, 6.45) is 3.22. The van der Waals surface area contributed by atoms with Gasteiger partial charge in [0.2, 0.25) is 0 Å². The number of carbonyl (C=O) groups is 2. The van der Waals surface area contributed by atoms with Crippen LogP contribution in [0.4, 0.5) is 0 Å². The van der Waals surface area contributed by atoms with Gasteiger partial charge in [-0.15, -0.1) is 0 Å². The van der Waals surface area contributed by atoms with E-state index in [0.717, 1.165) is 18.1 Å². The zero-order valence-electron chi connectivity index (χ0n) is 15.5. The highest BCUT2D eigenvalue weighted by Gasteiger charge is 2.01. The molecule has 142 valence electrons. The van der Waals surface area contributed by atoms with Crippen molar-refractivity contribution in [3.05, 3.63) is 108 Å². The Hall–Kier alpha value is -3.66. The molecule has 3 aromatic rings. The van der Waals surface area contributed by atoms with E-state index in [2.05, 4.69) is 6.58 Å². The fourth-order valence-electron chi connectivity index (χ4n) is 2.30. The van der Waals surface area contributed by atoms with Crippen LogP contribution in [0.2, 0.25) is 0 Å². The van der Waals surface area contributed by atoms with E-state index in [-0.39, 0.29) is 0 Å². The first-order chi connectivity index (χ1) is 13.8. The molecule has 0 radical (unpaired) electrons. The Bertz CT molecular complexity index is 888. The van der Waals surface area contributed by atoms with Crippen LogP contribution in [0, 0.1) is 0 Å². The lowest BCUT2D eigenvalue weighted by atomic mass is 10.2. The van der Waals surface area contributed by atoms with Gasteiger partial charge in [-0.25, -0.2) is 0 Å². The molecule has 0 heterocycles. The van der Waals surface area contributed by atoms with E-state index in [1.807, 2.05) is 48.5 Å². The molecule has 0 atom stereocenters. The third-order valence-corrected chi connectivity index (χ3v) is 3.69. The summed E-state index contributed by atoms with van der Waals surface area (Å²) in [7, 11) is 0. The number of rotatable bonds is 8. The van der Waals surface area contributed by atoms with Gasteiger partial charge in [-0.1, -0.05) is 67.3 Å². The maximum atomic E-state index is 10.8. The molecular formula is C24H22O4. The van der Waals surface area contributed by atoms with E-state index in [1.165, 1.54) is 0 Å². The SMILES string of the molecule is C=CCOc1ccccc1C=O.O=Cc1ccccc1OCc1ccccc1. The predicted octanol–water partition coefficient (Wildman–Crippen LogP) is 5.14. The first-order valence-electron chi connectivity index (χ1n) is 8.77. The van der Waals surface area contributed by atoms with E-state index in [0.29, 0.717) is 35.8 Å². The summed E-state index contributed by atoms with van der Waals surface area (Å²) >= 11 is 0. The minimum atomic E-state index is 0.421. The smallest absolute Gasteiger partial charge is 0.153 e. The first-order valence-corrected chi connectivity index (χ1v) is 8.77. The van der Waals surface area contributed by atoms with Gasteiger partial charge in [0.1, 0.15) is 24.7 Å². The Labute approximate surface area is 165 Å². The summed E-state index contributed by atoms with van der Waals surface area (Å²) in [6, 6.07) is 24.2. The standard InChI is InChI=1S/C14H12O2.C10H10O2/c15-10-13-8-4-5-9-14(13)16-11-12-6-2-1-3-7-12;1-2-7-12-10-6-4-3-5-9(10)8-11/h1-10H,11H2;2-6,8H,1,7H2. The second kappa shape index (κ2) is 11.9. The minimum absolute atomic E-state index is 0.421. The molecule has 0 saturated carbocycles. The lowest BCUT2D eigenvalue weighted by Gasteiger charge is -2.07. The van der Waals surface area contributed by atoms with Gasteiger partial charge in [0.15, 0.2) is 12.6 Å². The highest BCUT2D eigenvalue weighted by molar-refractivity contribution is 5.79. The zero-order valence-corrected chi connectivity index (χ0v) is 15.5. The topological polar surface area (TPSA) is 52.6 Å². The summed E-state index contributed by atoms with van der Waals surface area (Å²) in [6.45, 7) is 4.42. The largest absolute Gasteiger partial charge is 0.489 e. The molecule has 0 N–H and O–H groups in total. The average Bonchev–Trinajstić information content (AvgIpc) is 2.77. The maximum Gasteiger partial charge on any atom is 0.153 e. The fourth-order valence-corrected chi connectivity index (χ4v) is 2.30. The van der Waals surface area contributed by atoms with Crippen LogP contribution in [0.15, 0.2) is 91.5 Å². The Morgan fingerprint density at radius 1 is 0.679 bits per heavy atom. The van der Waals surface area contributed by atoms with Gasteiger partial charge in [-0.2, -0.15) is 0 Å². The van der Waals surface area contributed by atoms with Crippen molar-refractivity contribution in [1.29, 1.82) is 0 Å². The van der Waals surface area contributed by atoms with Crippen molar-refractivity contribution in [3.8, 4) is 11.5 Å². The lowest BCUT2D eigenvalue weighted by molar-refractivity contribution is 0.111. The Kier molecular flexibility index (Phi) is 8.75. The molecule has 28 heavy (non-hydrogen) atoms. The maximum absolute atomic E-state index is 10.8. The molecule has 0 aliphatic carbocycles. The number of carbonyl (C=O) groups excluding carboxylic acids is 2. The number of benzene rings is 3. The quantitative estimate of drug-likeness (QED) is 0.405. The van der Waals surface area contributed by atoms with Gasteiger partial charge in [-0.3, -0.25) is 9.59 Å². The zero-order chi connectivity index (χ0) is 20.0. The van der Waals surface area contributed by atoms with Crippen molar-refractivity contribution >= 4 is 12.6 Å². The highest BCUT2D eigenvalue weighted by atomic mass is 16.5. The van der Waals surface area contributed by atoms with Crippen molar-refractivity contribution in [3.63, 3.8) is 0 Å². The Morgan fingerprint density at radius 3 is 1.71 bits per heavy atom. The number of para-hydroxylation sites is 2. The molecular weight excluding hydrogens is 352 g/mol. The van der Waals surface area contributed by atoms with Gasteiger partial charge in [0.25, 0.3) is 0 Å². The lowest BCUT2D eigenvalue weighted by Crippen LogP contribution is -1.97.